The van der Waals surface area contributed by atoms with Gasteiger partial charge in [-0.25, -0.2) is 4.90 Å². The number of hydrogen-bond acceptors (Lipinski definition) is 4. The summed E-state index contributed by atoms with van der Waals surface area (Å²) in [6.07, 6.45) is 0.304. The highest BCUT2D eigenvalue weighted by atomic mass is 16.2. The number of aryl methyl sites for hydroxylation is 2. The Bertz CT molecular complexity index is 621. The maximum absolute atomic E-state index is 12.9. The first-order chi connectivity index (χ1) is 11.0. The molecule has 0 spiro atoms. The van der Waals surface area contributed by atoms with Crippen molar-refractivity contribution in [3.05, 3.63) is 29.3 Å². The molecule has 2 amide bonds. The van der Waals surface area contributed by atoms with Gasteiger partial charge in [0.25, 0.3) is 5.91 Å². The van der Waals surface area contributed by atoms with E-state index in [0.29, 0.717) is 6.42 Å². The molecule has 2 aliphatic rings. The van der Waals surface area contributed by atoms with Crippen LogP contribution in [0.2, 0.25) is 0 Å². The summed E-state index contributed by atoms with van der Waals surface area (Å²) in [6.45, 7) is 10.8. The molecule has 2 heterocycles. The summed E-state index contributed by atoms with van der Waals surface area (Å²) in [4.78, 5) is 31.3. The zero-order chi connectivity index (χ0) is 16.6. The smallest absolute Gasteiger partial charge is 0.251 e. The second-order valence-electron chi connectivity index (χ2n) is 6.55. The normalized spacial score (nSPS) is 23.8. The Morgan fingerprint density at radius 2 is 1.78 bits per heavy atom. The monoisotopic (exact) mass is 315 g/mol. The Kier molecular flexibility index (Phi) is 4.50. The standard InChI is InChI=1S/C18H25N3O2/c1-4-19-7-9-20(10-8-19)16-12-17(22)21(18(16)23)15-6-5-13(2)11-14(15)3/h5-6,11,16H,4,7-10,12H2,1-3H3/t16-/m0/s1. The Balaban J connectivity index is 1.78. The summed E-state index contributed by atoms with van der Waals surface area (Å²) < 4.78 is 0. The fraction of sp³-hybridized carbons (Fsp3) is 0.556. The maximum atomic E-state index is 12.9. The number of amides is 2. The lowest BCUT2D eigenvalue weighted by Crippen LogP contribution is -2.52. The molecular formula is C18H25N3O2. The van der Waals surface area contributed by atoms with Crippen molar-refractivity contribution in [3.63, 3.8) is 0 Å². The predicted molar refractivity (Wildman–Crippen MR) is 90.5 cm³/mol. The van der Waals surface area contributed by atoms with Gasteiger partial charge in [0.2, 0.25) is 5.91 Å². The van der Waals surface area contributed by atoms with Gasteiger partial charge < -0.3 is 4.90 Å². The third-order valence-corrected chi connectivity index (χ3v) is 5.01. The van der Waals surface area contributed by atoms with Gasteiger partial charge in [-0.05, 0) is 32.0 Å². The van der Waals surface area contributed by atoms with Crippen LogP contribution < -0.4 is 4.90 Å². The van der Waals surface area contributed by atoms with Crippen LogP contribution in [0.4, 0.5) is 5.69 Å². The van der Waals surface area contributed by atoms with Crippen LogP contribution in [0.1, 0.15) is 24.5 Å². The van der Waals surface area contributed by atoms with E-state index >= 15 is 0 Å². The number of hydrogen-bond donors (Lipinski definition) is 0. The average Bonchev–Trinajstić information content (AvgIpc) is 2.83. The molecule has 0 N–H and O–H groups in total. The minimum Gasteiger partial charge on any atom is -0.301 e. The minimum atomic E-state index is -0.290. The zero-order valence-electron chi connectivity index (χ0n) is 14.2. The first-order valence-corrected chi connectivity index (χ1v) is 8.41. The summed E-state index contributed by atoms with van der Waals surface area (Å²) in [6, 6.07) is 5.57. The molecule has 0 bridgehead atoms. The first kappa shape index (κ1) is 16.1. The van der Waals surface area contributed by atoms with Crippen molar-refractivity contribution < 1.29 is 9.59 Å². The Morgan fingerprint density at radius 3 is 2.39 bits per heavy atom. The van der Waals surface area contributed by atoms with Gasteiger partial charge in [0.05, 0.1) is 18.2 Å². The van der Waals surface area contributed by atoms with Crippen LogP contribution in [0.5, 0.6) is 0 Å². The maximum Gasteiger partial charge on any atom is 0.251 e. The number of nitrogens with zero attached hydrogens (tertiary/aromatic N) is 3. The van der Waals surface area contributed by atoms with Crippen LogP contribution in [0.15, 0.2) is 18.2 Å². The molecule has 0 aromatic heterocycles. The largest absolute Gasteiger partial charge is 0.301 e. The molecule has 1 aromatic rings. The minimum absolute atomic E-state index is 0.0631. The van der Waals surface area contributed by atoms with Crippen molar-refractivity contribution in [3.8, 4) is 0 Å². The molecule has 2 aliphatic heterocycles. The van der Waals surface area contributed by atoms with Crippen LogP contribution in [-0.4, -0.2) is 60.4 Å². The second-order valence-corrected chi connectivity index (χ2v) is 6.55. The topological polar surface area (TPSA) is 43.9 Å². The van der Waals surface area contributed by atoms with E-state index in [1.54, 1.807) is 0 Å². The molecule has 0 radical (unpaired) electrons. The van der Waals surface area contributed by atoms with Gasteiger partial charge in [-0.2, -0.15) is 0 Å². The molecule has 0 unspecified atom stereocenters. The van der Waals surface area contributed by atoms with E-state index in [1.807, 2.05) is 32.0 Å². The molecule has 23 heavy (non-hydrogen) atoms. The lowest BCUT2D eigenvalue weighted by Gasteiger charge is -2.36. The van der Waals surface area contributed by atoms with E-state index in [-0.39, 0.29) is 17.9 Å². The number of anilines is 1. The summed E-state index contributed by atoms with van der Waals surface area (Å²) in [7, 11) is 0. The van der Waals surface area contributed by atoms with Crippen LogP contribution in [0, 0.1) is 13.8 Å². The van der Waals surface area contributed by atoms with Crippen LogP contribution in [-0.2, 0) is 9.59 Å². The van der Waals surface area contributed by atoms with Crippen molar-refractivity contribution in [2.75, 3.05) is 37.6 Å². The summed E-state index contributed by atoms with van der Waals surface area (Å²) >= 11 is 0. The molecule has 2 saturated heterocycles. The molecule has 3 rings (SSSR count). The van der Waals surface area contributed by atoms with Gasteiger partial charge in [0, 0.05) is 26.2 Å². The van der Waals surface area contributed by atoms with Gasteiger partial charge in [0.15, 0.2) is 0 Å². The number of imide groups is 1. The highest BCUT2D eigenvalue weighted by Crippen LogP contribution is 2.29. The Labute approximate surface area is 137 Å². The summed E-state index contributed by atoms with van der Waals surface area (Å²) in [5.41, 5.74) is 2.85. The molecule has 0 saturated carbocycles. The van der Waals surface area contributed by atoms with Crippen molar-refractivity contribution >= 4 is 17.5 Å². The molecule has 0 aliphatic carbocycles. The number of piperazine rings is 1. The van der Waals surface area contributed by atoms with Crippen LogP contribution in [0.25, 0.3) is 0 Å². The summed E-state index contributed by atoms with van der Waals surface area (Å²) in [5, 5.41) is 0. The Hall–Kier alpha value is -1.72. The van der Waals surface area contributed by atoms with Gasteiger partial charge in [-0.1, -0.05) is 24.6 Å². The van der Waals surface area contributed by atoms with Crippen LogP contribution >= 0.6 is 0 Å². The van der Waals surface area contributed by atoms with Crippen molar-refractivity contribution in [2.24, 2.45) is 0 Å². The van der Waals surface area contributed by atoms with Gasteiger partial charge in [-0.15, -0.1) is 0 Å². The fourth-order valence-corrected chi connectivity index (χ4v) is 3.60. The van der Waals surface area contributed by atoms with Gasteiger partial charge >= 0.3 is 0 Å². The van der Waals surface area contributed by atoms with Crippen LogP contribution in [0.3, 0.4) is 0 Å². The molecule has 5 heteroatoms. The highest BCUT2D eigenvalue weighted by molar-refractivity contribution is 6.22. The van der Waals surface area contributed by atoms with E-state index in [0.717, 1.165) is 49.5 Å². The van der Waals surface area contributed by atoms with E-state index < -0.39 is 0 Å². The highest BCUT2D eigenvalue weighted by Gasteiger charge is 2.43. The molecule has 1 aromatic carbocycles. The third-order valence-electron chi connectivity index (χ3n) is 5.01. The molecule has 124 valence electrons. The molecule has 5 nitrogen and oxygen atoms in total. The number of benzene rings is 1. The van der Waals surface area contributed by atoms with Gasteiger partial charge in [-0.3, -0.25) is 14.5 Å². The number of rotatable bonds is 3. The quantitative estimate of drug-likeness (QED) is 0.794. The predicted octanol–water partition coefficient (Wildman–Crippen LogP) is 1.57. The zero-order valence-corrected chi connectivity index (χ0v) is 14.2. The summed E-state index contributed by atoms with van der Waals surface area (Å²) in [5.74, 6) is -0.142. The van der Waals surface area contributed by atoms with Crippen molar-refractivity contribution in [1.29, 1.82) is 0 Å². The van der Waals surface area contributed by atoms with E-state index in [1.165, 1.54) is 4.90 Å². The lowest BCUT2D eigenvalue weighted by molar-refractivity contribution is -0.123. The van der Waals surface area contributed by atoms with E-state index in [2.05, 4.69) is 16.7 Å². The van der Waals surface area contributed by atoms with E-state index in [9.17, 15) is 9.59 Å². The first-order valence-electron chi connectivity index (χ1n) is 8.41. The fourth-order valence-electron chi connectivity index (χ4n) is 3.60. The Morgan fingerprint density at radius 1 is 1.09 bits per heavy atom. The number of carbonyl (C=O) groups is 2. The lowest BCUT2D eigenvalue weighted by atomic mass is 10.1. The average molecular weight is 315 g/mol. The molecular weight excluding hydrogens is 290 g/mol. The number of likely N-dealkylation sites (N-methyl/N-ethyl adjacent to an activating group) is 1. The SMILES string of the molecule is CCN1CCN([C@H]2CC(=O)N(c3ccc(C)cc3C)C2=O)CC1. The second kappa shape index (κ2) is 6.42. The molecule has 1 atom stereocenters. The van der Waals surface area contributed by atoms with Crippen molar-refractivity contribution in [2.45, 2.75) is 33.2 Å². The van der Waals surface area contributed by atoms with E-state index in [4.69, 9.17) is 0 Å². The van der Waals surface area contributed by atoms with Gasteiger partial charge in [0.1, 0.15) is 0 Å². The third kappa shape index (κ3) is 3.03. The number of carbonyl (C=O) groups excluding carboxylic acids is 2. The molecule has 2 fully saturated rings. The van der Waals surface area contributed by atoms with Crippen molar-refractivity contribution in [1.82, 2.24) is 9.80 Å².